The molecule has 31 heavy (non-hydrogen) atoms. The minimum Gasteiger partial charge on any atom is -0.459 e. The third kappa shape index (κ3) is 5.32. The molecule has 156 valence electrons. The Labute approximate surface area is 185 Å². The van der Waals surface area contributed by atoms with Gasteiger partial charge < -0.3 is 15.4 Å². The van der Waals surface area contributed by atoms with Crippen molar-refractivity contribution in [3.63, 3.8) is 0 Å². The van der Waals surface area contributed by atoms with Crippen molar-refractivity contribution in [2.45, 2.75) is 19.1 Å². The number of benzene rings is 3. The highest BCUT2D eigenvalue weighted by Crippen LogP contribution is 2.35. The fraction of sp³-hybridized carbons (Fsp3) is 0.120. The molecule has 4 rings (SSSR count). The molecule has 0 radical (unpaired) electrons. The van der Waals surface area contributed by atoms with Gasteiger partial charge in [-0.2, -0.15) is 0 Å². The van der Waals surface area contributed by atoms with E-state index in [1.54, 1.807) is 12.1 Å². The van der Waals surface area contributed by atoms with Gasteiger partial charge in [-0.05, 0) is 35.4 Å². The number of para-hydroxylation sites is 1. The van der Waals surface area contributed by atoms with Crippen LogP contribution in [0.25, 0.3) is 5.57 Å². The van der Waals surface area contributed by atoms with E-state index in [2.05, 4.69) is 10.6 Å². The topological polar surface area (TPSA) is 67.4 Å². The van der Waals surface area contributed by atoms with E-state index >= 15 is 0 Å². The van der Waals surface area contributed by atoms with Crippen LogP contribution >= 0.6 is 11.6 Å². The molecule has 5 nitrogen and oxygen atoms in total. The molecule has 0 fully saturated rings. The molecule has 3 aromatic rings. The van der Waals surface area contributed by atoms with Crippen LogP contribution in [0, 0.1) is 0 Å². The number of nitrogens with one attached hydrogen (secondary N) is 2. The van der Waals surface area contributed by atoms with Gasteiger partial charge in [-0.1, -0.05) is 66.2 Å². The van der Waals surface area contributed by atoms with Gasteiger partial charge in [0.05, 0.1) is 0 Å². The number of halogens is 1. The fourth-order valence-electron chi connectivity index (χ4n) is 3.45. The average molecular weight is 433 g/mol. The number of carbonyl (C=O) groups excluding carboxylic acids is 2. The van der Waals surface area contributed by atoms with Crippen molar-refractivity contribution in [1.82, 2.24) is 0 Å². The lowest BCUT2D eigenvalue weighted by Gasteiger charge is -2.28. The van der Waals surface area contributed by atoms with Gasteiger partial charge in [-0.25, -0.2) is 4.79 Å². The maximum Gasteiger partial charge on any atom is 0.329 e. The quantitative estimate of drug-likeness (QED) is 0.424. The highest BCUT2D eigenvalue weighted by Gasteiger charge is 2.29. The molecule has 1 heterocycles. The summed E-state index contributed by atoms with van der Waals surface area (Å²) in [6, 6.07) is 23.4. The molecule has 2 N–H and O–H groups in total. The summed E-state index contributed by atoms with van der Waals surface area (Å²) in [4.78, 5) is 25.3. The molecule has 1 aliphatic rings. The Bertz CT molecular complexity index is 1110. The first-order valence-electron chi connectivity index (χ1n) is 9.92. The van der Waals surface area contributed by atoms with Gasteiger partial charge in [0.1, 0.15) is 12.6 Å². The number of rotatable bonds is 5. The van der Waals surface area contributed by atoms with Crippen molar-refractivity contribution in [2.24, 2.45) is 0 Å². The van der Waals surface area contributed by atoms with Gasteiger partial charge in [0, 0.05) is 34.5 Å². The van der Waals surface area contributed by atoms with Crippen molar-refractivity contribution in [3.05, 3.63) is 101 Å². The summed E-state index contributed by atoms with van der Waals surface area (Å²) in [6.45, 7) is 0.188. The lowest BCUT2D eigenvalue weighted by molar-refractivity contribution is -0.145. The monoisotopic (exact) mass is 432 g/mol. The molecule has 1 atom stereocenters. The Morgan fingerprint density at radius 2 is 1.74 bits per heavy atom. The maximum atomic E-state index is 12.7. The molecule has 6 heteroatoms. The third-order valence-corrected chi connectivity index (χ3v) is 5.17. The van der Waals surface area contributed by atoms with E-state index in [0.29, 0.717) is 22.8 Å². The second kappa shape index (κ2) is 9.49. The zero-order valence-electron chi connectivity index (χ0n) is 16.7. The molecule has 0 aliphatic carbocycles. The van der Waals surface area contributed by atoms with E-state index in [4.69, 9.17) is 16.3 Å². The summed E-state index contributed by atoms with van der Waals surface area (Å²) in [5.74, 6) is -0.649. The van der Waals surface area contributed by atoms with Crippen LogP contribution in [0.1, 0.15) is 17.5 Å². The van der Waals surface area contributed by atoms with Crippen molar-refractivity contribution in [3.8, 4) is 0 Å². The summed E-state index contributed by atoms with van der Waals surface area (Å²) in [6.07, 6.45) is 1.85. The smallest absolute Gasteiger partial charge is 0.329 e. The van der Waals surface area contributed by atoms with Crippen molar-refractivity contribution in [1.29, 1.82) is 0 Å². The Hall–Kier alpha value is -3.57. The largest absolute Gasteiger partial charge is 0.459 e. The highest BCUT2D eigenvalue weighted by molar-refractivity contribution is 6.31. The molecule has 0 aromatic heterocycles. The second-order valence-corrected chi connectivity index (χ2v) is 7.65. The Morgan fingerprint density at radius 1 is 1.03 bits per heavy atom. The number of hydrogen-bond donors (Lipinski definition) is 2. The first kappa shape index (κ1) is 20.7. The summed E-state index contributed by atoms with van der Waals surface area (Å²) in [7, 11) is 0. The standard InChI is InChI=1S/C25H21ClN2O3/c26-19-11-12-21-18(14-24(29)27-20-9-5-2-6-10-20)13-23(28-22(21)15-19)25(30)31-16-17-7-3-1-4-8-17/h1-12,14-15,23,28H,13,16H2,(H,27,29)/b18-14+. The highest BCUT2D eigenvalue weighted by atomic mass is 35.5. The van der Waals surface area contributed by atoms with Gasteiger partial charge in [0.25, 0.3) is 0 Å². The number of hydrogen-bond acceptors (Lipinski definition) is 4. The van der Waals surface area contributed by atoms with E-state index in [1.165, 1.54) is 6.08 Å². The van der Waals surface area contributed by atoms with Gasteiger partial charge in [0.2, 0.25) is 5.91 Å². The van der Waals surface area contributed by atoms with E-state index in [-0.39, 0.29) is 18.5 Å². The van der Waals surface area contributed by atoms with E-state index in [0.717, 1.165) is 16.7 Å². The number of carbonyl (C=O) groups is 2. The summed E-state index contributed by atoms with van der Waals surface area (Å²) >= 11 is 6.15. The SMILES string of the molecule is O=C(/C=C1\CC(C(=O)OCc2ccccc2)Nc2cc(Cl)ccc21)Nc1ccccc1. The fourth-order valence-corrected chi connectivity index (χ4v) is 3.62. The van der Waals surface area contributed by atoms with Crippen LogP contribution in [0.15, 0.2) is 84.9 Å². The van der Waals surface area contributed by atoms with Crippen molar-refractivity contribution in [2.75, 3.05) is 10.6 Å². The zero-order valence-corrected chi connectivity index (χ0v) is 17.4. The van der Waals surface area contributed by atoms with Gasteiger partial charge in [-0.15, -0.1) is 0 Å². The number of esters is 1. The van der Waals surface area contributed by atoms with Gasteiger partial charge in [-0.3, -0.25) is 4.79 Å². The summed E-state index contributed by atoms with van der Waals surface area (Å²) in [5.41, 5.74) is 3.88. The molecule has 0 bridgehead atoms. The number of amides is 1. The molecule has 3 aromatic carbocycles. The Morgan fingerprint density at radius 3 is 2.48 bits per heavy atom. The van der Waals surface area contributed by atoms with Crippen LogP contribution in [0.2, 0.25) is 5.02 Å². The van der Waals surface area contributed by atoms with E-state index < -0.39 is 6.04 Å². The molecular weight excluding hydrogens is 412 g/mol. The molecule has 0 saturated heterocycles. The molecule has 1 aliphatic heterocycles. The Kier molecular flexibility index (Phi) is 6.34. The minimum atomic E-state index is -0.620. The summed E-state index contributed by atoms with van der Waals surface area (Å²) < 4.78 is 5.50. The normalized spacial score (nSPS) is 16.2. The van der Waals surface area contributed by atoms with Crippen LogP contribution < -0.4 is 10.6 Å². The number of anilines is 2. The first-order valence-corrected chi connectivity index (χ1v) is 10.3. The second-order valence-electron chi connectivity index (χ2n) is 7.21. The zero-order chi connectivity index (χ0) is 21.6. The van der Waals surface area contributed by atoms with Crippen molar-refractivity contribution < 1.29 is 14.3 Å². The third-order valence-electron chi connectivity index (χ3n) is 4.94. The van der Waals surface area contributed by atoms with Crippen LogP contribution in [0.4, 0.5) is 11.4 Å². The maximum absolute atomic E-state index is 12.7. The van der Waals surface area contributed by atoms with E-state index in [1.807, 2.05) is 66.7 Å². The van der Waals surface area contributed by atoms with E-state index in [9.17, 15) is 9.59 Å². The van der Waals surface area contributed by atoms with Crippen LogP contribution in [0.3, 0.4) is 0 Å². The number of fused-ring (bicyclic) bond motifs is 1. The minimum absolute atomic E-state index is 0.188. The van der Waals surface area contributed by atoms with Gasteiger partial charge in [0.15, 0.2) is 0 Å². The lowest BCUT2D eigenvalue weighted by Crippen LogP contribution is -2.34. The Balaban J connectivity index is 1.53. The van der Waals surface area contributed by atoms with Crippen LogP contribution in [-0.2, 0) is 20.9 Å². The van der Waals surface area contributed by atoms with Crippen LogP contribution in [-0.4, -0.2) is 17.9 Å². The summed E-state index contributed by atoms with van der Waals surface area (Å²) in [5, 5.41) is 6.58. The molecular formula is C25H21ClN2O3. The number of ether oxygens (including phenoxy) is 1. The average Bonchev–Trinajstić information content (AvgIpc) is 2.78. The molecule has 1 amide bonds. The predicted octanol–water partition coefficient (Wildman–Crippen LogP) is 5.29. The molecule has 1 unspecified atom stereocenters. The molecule has 0 saturated carbocycles. The van der Waals surface area contributed by atoms with Gasteiger partial charge >= 0.3 is 5.97 Å². The lowest BCUT2D eigenvalue weighted by atomic mass is 9.92. The molecule has 0 spiro atoms. The van der Waals surface area contributed by atoms with Crippen LogP contribution in [0.5, 0.6) is 0 Å². The predicted molar refractivity (Wildman–Crippen MR) is 123 cm³/mol. The van der Waals surface area contributed by atoms with Crippen molar-refractivity contribution >= 4 is 40.4 Å². The first-order chi connectivity index (χ1) is 15.1.